The fourth-order valence-electron chi connectivity index (χ4n) is 3.39. The van der Waals surface area contributed by atoms with Crippen molar-refractivity contribution >= 4 is 21.6 Å². The minimum Gasteiger partial charge on any atom is -0.496 e. The van der Waals surface area contributed by atoms with E-state index in [0.717, 1.165) is 11.1 Å². The average molecular weight is 439 g/mol. The van der Waals surface area contributed by atoms with E-state index in [9.17, 15) is 13.2 Å². The van der Waals surface area contributed by atoms with Crippen LogP contribution in [0.1, 0.15) is 27.0 Å². The van der Waals surface area contributed by atoms with Crippen LogP contribution in [0.5, 0.6) is 5.75 Å². The molecule has 0 aliphatic carbocycles. The summed E-state index contributed by atoms with van der Waals surface area (Å²) >= 11 is 0. The fraction of sp³-hybridized carbons (Fsp3) is 0.208. The van der Waals surface area contributed by atoms with Gasteiger partial charge >= 0.3 is 0 Å². The number of nitrogens with one attached hydrogen (secondary N) is 1. The van der Waals surface area contributed by atoms with Crippen molar-refractivity contribution in [1.29, 1.82) is 0 Å². The van der Waals surface area contributed by atoms with Gasteiger partial charge in [-0.1, -0.05) is 24.3 Å². The molecule has 0 radical (unpaired) electrons. The van der Waals surface area contributed by atoms with Crippen LogP contribution in [0, 0.1) is 13.8 Å². The molecule has 0 unspecified atom stereocenters. The third-order valence-electron chi connectivity index (χ3n) is 4.87. The van der Waals surface area contributed by atoms with E-state index in [1.54, 1.807) is 48.5 Å². The maximum atomic E-state index is 12.9. The van der Waals surface area contributed by atoms with E-state index in [0.29, 0.717) is 22.6 Å². The SMILES string of the molecule is COc1ccc(C(=O)Nc2cc(C)cc(C)c2)cc1CN(C)S(=O)(=O)c1ccccc1. The van der Waals surface area contributed by atoms with Crippen molar-refractivity contribution in [1.82, 2.24) is 4.31 Å². The number of nitrogens with zero attached hydrogens (tertiary/aromatic N) is 1. The molecule has 0 aliphatic heterocycles. The number of carbonyl (C=O) groups excluding carboxylic acids is 1. The highest BCUT2D eigenvalue weighted by molar-refractivity contribution is 7.89. The largest absolute Gasteiger partial charge is 0.496 e. The molecule has 3 aromatic rings. The number of benzene rings is 3. The van der Waals surface area contributed by atoms with Gasteiger partial charge in [0.1, 0.15) is 5.75 Å². The quantitative estimate of drug-likeness (QED) is 0.594. The lowest BCUT2D eigenvalue weighted by molar-refractivity contribution is 0.102. The highest BCUT2D eigenvalue weighted by Gasteiger charge is 2.22. The van der Waals surface area contributed by atoms with Crippen LogP contribution in [0.3, 0.4) is 0 Å². The first-order valence-corrected chi connectivity index (χ1v) is 11.2. The first kappa shape index (κ1) is 22.5. The predicted molar refractivity (Wildman–Crippen MR) is 122 cm³/mol. The second kappa shape index (κ2) is 9.32. The van der Waals surface area contributed by atoms with Gasteiger partial charge in [0.15, 0.2) is 0 Å². The van der Waals surface area contributed by atoms with Crippen LogP contribution in [0.4, 0.5) is 5.69 Å². The summed E-state index contributed by atoms with van der Waals surface area (Å²) in [6.45, 7) is 4.00. The van der Waals surface area contributed by atoms with Crippen LogP contribution in [-0.2, 0) is 16.6 Å². The standard InChI is InChI=1S/C24H26N2O4S/c1-17-12-18(2)14-21(13-17)25-24(27)19-10-11-23(30-4)20(15-19)16-26(3)31(28,29)22-8-6-5-7-9-22/h5-15H,16H2,1-4H3,(H,25,27). The molecule has 0 saturated heterocycles. The molecule has 7 heteroatoms. The number of methoxy groups -OCH3 is 1. The van der Waals surface area contributed by atoms with Gasteiger partial charge in [0.05, 0.1) is 12.0 Å². The third kappa shape index (κ3) is 5.31. The van der Waals surface area contributed by atoms with Crippen molar-refractivity contribution in [3.63, 3.8) is 0 Å². The Kier molecular flexibility index (Phi) is 6.77. The van der Waals surface area contributed by atoms with Gasteiger partial charge < -0.3 is 10.1 Å². The third-order valence-corrected chi connectivity index (χ3v) is 6.68. The summed E-state index contributed by atoms with van der Waals surface area (Å²) in [6, 6.07) is 19.1. The molecule has 31 heavy (non-hydrogen) atoms. The van der Waals surface area contributed by atoms with Crippen molar-refractivity contribution in [3.05, 3.63) is 89.0 Å². The first-order chi connectivity index (χ1) is 14.7. The van der Waals surface area contributed by atoms with E-state index >= 15 is 0 Å². The van der Waals surface area contributed by atoms with Crippen LogP contribution >= 0.6 is 0 Å². The molecular weight excluding hydrogens is 412 g/mol. The van der Waals surface area contributed by atoms with Crippen LogP contribution in [-0.4, -0.2) is 32.8 Å². The number of rotatable bonds is 7. The molecule has 162 valence electrons. The van der Waals surface area contributed by atoms with E-state index in [2.05, 4.69) is 5.32 Å². The normalized spacial score (nSPS) is 11.4. The summed E-state index contributed by atoms with van der Waals surface area (Å²) in [4.78, 5) is 13.0. The average Bonchev–Trinajstić information content (AvgIpc) is 2.73. The topological polar surface area (TPSA) is 75.7 Å². The van der Waals surface area contributed by atoms with Crippen LogP contribution in [0.2, 0.25) is 0 Å². The molecule has 0 aliphatic rings. The molecule has 0 heterocycles. The number of anilines is 1. The molecule has 1 N–H and O–H groups in total. The molecular formula is C24H26N2O4S. The van der Waals surface area contributed by atoms with Gasteiger partial charge in [-0.3, -0.25) is 4.79 Å². The number of carbonyl (C=O) groups is 1. The van der Waals surface area contributed by atoms with E-state index in [1.807, 2.05) is 32.0 Å². The molecule has 3 rings (SSSR count). The van der Waals surface area contributed by atoms with Crippen LogP contribution in [0.25, 0.3) is 0 Å². The lowest BCUT2D eigenvalue weighted by Crippen LogP contribution is -2.27. The molecule has 1 amide bonds. The zero-order valence-corrected chi connectivity index (χ0v) is 18.9. The number of hydrogen-bond donors (Lipinski definition) is 1. The summed E-state index contributed by atoms with van der Waals surface area (Å²) in [5.41, 5.74) is 3.83. The van der Waals surface area contributed by atoms with Crippen molar-refractivity contribution < 1.29 is 17.9 Å². The Morgan fingerprint density at radius 3 is 2.23 bits per heavy atom. The van der Waals surface area contributed by atoms with Crippen LogP contribution in [0.15, 0.2) is 71.6 Å². The minimum absolute atomic E-state index is 0.0606. The van der Waals surface area contributed by atoms with Gasteiger partial charge in [0.2, 0.25) is 10.0 Å². The van der Waals surface area contributed by atoms with Gasteiger partial charge in [0.25, 0.3) is 5.91 Å². The highest BCUT2D eigenvalue weighted by Crippen LogP contribution is 2.25. The second-order valence-corrected chi connectivity index (χ2v) is 9.48. The maximum Gasteiger partial charge on any atom is 0.255 e. The molecule has 0 atom stereocenters. The summed E-state index contributed by atoms with van der Waals surface area (Å²) in [6.07, 6.45) is 0. The molecule has 3 aromatic carbocycles. The Morgan fingerprint density at radius 1 is 0.968 bits per heavy atom. The first-order valence-electron chi connectivity index (χ1n) is 9.78. The van der Waals surface area contributed by atoms with Gasteiger partial charge in [0, 0.05) is 30.4 Å². The van der Waals surface area contributed by atoms with Crippen molar-refractivity contribution in [2.75, 3.05) is 19.5 Å². The Balaban J connectivity index is 1.85. The zero-order valence-electron chi connectivity index (χ0n) is 18.0. The van der Waals surface area contributed by atoms with Gasteiger partial charge in [-0.15, -0.1) is 0 Å². The Hall–Kier alpha value is -3.16. The van der Waals surface area contributed by atoms with Crippen LogP contribution < -0.4 is 10.1 Å². The second-order valence-electron chi connectivity index (χ2n) is 7.43. The monoisotopic (exact) mass is 438 g/mol. The molecule has 0 saturated carbocycles. The smallest absolute Gasteiger partial charge is 0.255 e. The highest BCUT2D eigenvalue weighted by atomic mass is 32.2. The fourth-order valence-corrected chi connectivity index (χ4v) is 4.56. The maximum absolute atomic E-state index is 12.9. The van der Waals surface area contributed by atoms with Crippen molar-refractivity contribution in [2.24, 2.45) is 0 Å². The minimum atomic E-state index is -3.68. The summed E-state index contributed by atoms with van der Waals surface area (Å²) in [5, 5.41) is 2.90. The van der Waals surface area contributed by atoms with Crippen molar-refractivity contribution in [3.8, 4) is 5.75 Å². The molecule has 0 aromatic heterocycles. The zero-order chi connectivity index (χ0) is 22.6. The number of sulfonamides is 1. The Labute approximate surface area is 183 Å². The van der Waals surface area contributed by atoms with E-state index in [-0.39, 0.29) is 17.3 Å². The molecule has 6 nitrogen and oxygen atoms in total. The lowest BCUT2D eigenvalue weighted by atomic mass is 10.1. The summed E-state index contributed by atoms with van der Waals surface area (Å²) in [5.74, 6) is 0.237. The number of amides is 1. The molecule has 0 bridgehead atoms. The van der Waals surface area contributed by atoms with Gasteiger partial charge in [-0.25, -0.2) is 8.42 Å². The molecule has 0 fully saturated rings. The predicted octanol–water partition coefficient (Wildman–Crippen LogP) is 4.39. The number of hydrogen-bond acceptors (Lipinski definition) is 4. The molecule has 0 spiro atoms. The Bertz CT molecular complexity index is 1170. The van der Waals surface area contributed by atoms with Gasteiger partial charge in [-0.2, -0.15) is 4.31 Å². The van der Waals surface area contributed by atoms with E-state index < -0.39 is 10.0 Å². The summed E-state index contributed by atoms with van der Waals surface area (Å²) in [7, 11) is -0.658. The lowest BCUT2D eigenvalue weighted by Gasteiger charge is -2.19. The van der Waals surface area contributed by atoms with E-state index in [4.69, 9.17) is 4.74 Å². The van der Waals surface area contributed by atoms with Crippen molar-refractivity contribution in [2.45, 2.75) is 25.3 Å². The van der Waals surface area contributed by atoms with E-state index in [1.165, 1.54) is 18.5 Å². The number of ether oxygens (including phenoxy) is 1. The Morgan fingerprint density at radius 2 is 1.61 bits per heavy atom. The number of aryl methyl sites for hydroxylation is 2. The summed E-state index contributed by atoms with van der Waals surface area (Å²) < 4.78 is 32.4. The van der Waals surface area contributed by atoms with Gasteiger partial charge in [-0.05, 0) is 67.4 Å².